The van der Waals surface area contributed by atoms with Gasteiger partial charge in [0.05, 0.1) is 16.9 Å². The first-order chi connectivity index (χ1) is 18.3. The molecule has 0 atom stereocenters. The van der Waals surface area contributed by atoms with Crippen molar-refractivity contribution in [2.75, 3.05) is 45.8 Å². The summed E-state index contributed by atoms with van der Waals surface area (Å²) in [5.74, 6) is 0.820. The number of anilines is 1. The van der Waals surface area contributed by atoms with Gasteiger partial charge >= 0.3 is 5.97 Å². The molecule has 0 spiro atoms. The van der Waals surface area contributed by atoms with Crippen LogP contribution in [-0.4, -0.2) is 83.2 Å². The topological polar surface area (TPSA) is 87.4 Å². The Morgan fingerprint density at radius 1 is 1.05 bits per heavy atom. The summed E-state index contributed by atoms with van der Waals surface area (Å²) in [6.45, 7) is 16.5. The van der Waals surface area contributed by atoms with E-state index in [0.717, 1.165) is 58.9 Å². The summed E-state index contributed by atoms with van der Waals surface area (Å²) in [5, 5.41) is 4.66. The molecule has 1 saturated carbocycles. The number of methoxy groups -OCH3 is 2. The smallest absolute Gasteiger partial charge is 0.338 e. The molecule has 0 amide bonds. The first-order valence-corrected chi connectivity index (χ1v) is 22.4. The molecule has 2 heterocycles. The quantitative estimate of drug-likeness (QED) is 0.0787. The van der Waals surface area contributed by atoms with Crippen LogP contribution >= 0.6 is 22.6 Å². The van der Waals surface area contributed by atoms with Gasteiger partial charge in [0.1, 0.15) is 19.3 Å². The molecule has 1 aliphatic rings. The third-order valence-electron chi connectivity index (χ3n) is 7.40. The fourth-order valence-electron chi connectivity index (χ4n) is 4.71. The van der Waals surface area contributed by atoms with Crippen LogP contribution in [0.3, 0.4) is 0 Å². The van der Waals surface area contributed by atoms with Gasteiger partial charge in [-0.2, -0.15) is 9.61 Å². The number of rotatable bonds is 14. The van der Waals surface area contributed by atoms with Gasteiger partial charge in [0, 0.05) is 54.1 Å². The van der Waals surface area contributed by atoms with Gasteiger partial charge in [0.2, 0.25) is 0 Å². The average Bonchev–Trinajstić information content (AvgIpc) is 3.26. The van der Waals surface area contributed by atoms with E-state index in [0.29, 0.717) is 26.3 Å². The molecule has 0 saturated heterocycles. The van der Waals surface area contributed by atoms with Crippen molar-refractivity contribution in [3.8, 4) is 0 Å². The van der Waals surface area contributed by atoms with Crippen molar-refractivity contribution in [3.63, 3.8) is 0 Å². The van der Waals surface area contributed by atoms with E-state index in [9.17, 15) is 4.79 Å². The minimum absolute atomic E-state index is 0.204. The molecule has 2 aromatic rings. The molecule has 2 aromatic heterocycles. The highest BCUT2D eigenvalue weighted by Crippen LogP contribution is 2.41. The van der Waals surface area contributed by atoms with Gasteiger partial charge in [-0.05, 0) is 60.4 Å². The van der Waals surface area contributed by atoms with Gasteiger partial charge in [-0.1, -0.05) is 39.3 Å². The Kier molecular flexibility index (Phi) is 11.4. The van der Waals surface area contributed by atoms with Crippen LogP contribution in [0, 0.1) is 3.57 Å². The molecule has 9 nitrogen and oxygen atoms in total. The minimum Gasteiger partial charge on any atom is -0.467 e. The van der Waals surface area contributed by atoms with Crippen LogP contribution in [0.1, 0.15) is 37.3 Å². The van der Waals surface area contributed by atoms with E-state index < -0.39 is 21.7 Å². The molecule has 0 aromatic carbocycles. The van der Waals surface area contributed by atoms with Crippen LogP contribution in [-0.2, 0) is 23.7 Å². The monoisotopic (exact) mass is 690 g/mol. The zero-order chi connectivity index (χ0) is 28.8. The zero-order valence-electron chi connectivity index (χ0n) is 25.0. The second-order valence-corrected chi connectivity index (χ2v) is 25.4. The maximum Gasteiger partial charge on any atom is 0.338 e. The Balaban J connectivity index is 1.87. The number of ether oxygens (including phenoxy) is 4. The Labute approximate surface area is 249 Å². The summed E-state index contributed by atoms with van der Waals surface area (Å²) < 4.78 is 26.0. The van der Waals surface area contributed by atoms with Crippen LogP contribution in [0.4, 0.5) is 5.82 Å². The summed E-state index contributed by atoms with van der Waals surface area (Å²) in [6, 6.07) is 4.34. The second-order valence-electron chi connectivity index (χ2n) is 13.0. The molecule has 12 heteroatoms. The molecule has 1 fully saturated rings. The van der Waals surface area contributed by atoms with Crippen molar-refractivity contribution in [3.05, 3.63) is 21.5 Å². The van der Waals surface area contributed by atoms with E-state index in [2.05, 4.69) is 77.9 Å². The number of aromatic nitrogens is 3. The minimum atomic E-state index is -1.20. The zero-order valence-corrected chi connectivity index (χ0v) is 29.2. The lowest BCUT2D eigenvalue weighted by molar-refractivity contribution is -0.170. The van der Waals surface area contributed by atoms with Crippen LogP contribution < -0.4 is 4.90 Å². The molecule has 0 N–H and O–H groups in total. The summed E-state index contributed by atoms with van der Waals surface area (Å²) in [4.78, 5) is 19.6. The number of carbonyl (C=O) groups excluding carboxylic acids is 1. The lowest BCUT2D eigenvalue weighted by Crippen LogP contribution is -2.44. The third-order valence-corrected chi connectivity index (χ3v) is 11.6. The number of halogens is 1. The number of nitrogens with zero attached hydrogens (tertiary/aromatic N) is 4. The third kappa shape index (κ3) is 8.96. The van der Waals surface area contributed by atoms with Gasteiger partial charge in [0.25, 0.3) is 0 Å². The maximum atomic E-state index is 12.5. The van der Waals surface area contributed by atoms with Crippen molar-refractivity contribution < 1.29 is 23.7 Å². The Morgan fingerprint density at radius 2 is 1.62 bits per heavy atom. The lowest BCUT2D eigenvalue weighted by atomic mass is 9.77. The standard InChI is InChI=1S/C27H47IN4O5Si2/c1-34-26(33)27(35-2)11-9-21(10-12-27)23-17-24(32-25(30-23)22(28)18-29-32)31(19-36-13-15-38(3,4)5)20-37-14-16-39(6,7)8/h17-18,21H,9-16,19-20H2,1-8H3. The van der Waals surface area contributed by atoms with E-state index in [4.69, 9.17) is 23.9 Å². The summed E-state index contributed by atoms with van der Waals surface area (Å²) >= 11 is 2.29. The predicted octanol–water partition coefficient (Wildman–Crippen LogP) is 5.98. The first-order valence-electron chi connectivity index (χ1n) is 13.9. The largest absolute Gasteiger partial charge is 0.467 e. The maximum absolute atomic E-state index is 12.5. The molecular weight excluding hydrogens is 643 g/mol. The second kappa shape index (κ2) is 13.7. The first kappa shape index (κ1) is 32.4. The van der Waals surface area contributed by atoms with Crippen LogP contribution in [0.5, 0.6) is 0 Å². The molecule has 0 aliphatic heterocycles. The summed E-state index contributed by atoms with van der Waals surface area (Å²) in [6.07, 6.45) is 4.62. The Hall–Kier alpha value is -1.07. The number of fused-ring (bicyclic) bond motifs is 1. The van der Waals surface area contributed by atoms with Gasteiger partial charge in [-0.3, -0.25) is 0 Å². The van der Waals surface area contributed by atoms with Crippen LogP contribution in [0.15, 0.2) is 12.3 Å². The van der Waals surface area contributed by atoms with Crippen molar-refractivity contribution in [1.82, 2.24) is 14.6 Å². The SMILES string of the molecule is COC(=O)C1(OC)CCC(c2cc(N(COCC[Si](C)(C)C)COCC[Si](C)(C)C)n3ncc(I)c3n2)CC1. The molecule has 39 heavy (non-hydrogen) atoms. The van der Waals surface area contributed by atoms with Crippen LogP contribution in [0.25, 0.3) is 5.65 Å². The highest BCUT2D eigenvalue weighted by Gasteiger charge is 2.44. The molecule has 0 unspecified atom stereocenters. The van der Waals surface area contributed by atoms with E-state index in [1.807, 2.05) is 10.7 Å². The number of carbonyl (C=O) groups is 1. The van der Waals surface area contributed by atoms with Crippen molar-refractivity contribution in [1.29, 1.82) is 0 Å². The van der Waals surface area contributed by atoms with Gasteiger partial charge in [-0.15, -0.1) is 0 Å². The van der Waals surface area contributed by atoms with E-state index in [1.165, 1.54) is 7.11 Å². The van der Waals surface area contributed by atoms with E-state index in [1.54, 1.807) is 7.11 Å². The number of hydrogen-bond donors (Lipinski definition) is 0. The normalized spacial score (nSPS) is 20.4. The highest BCUT2D eigenvalue weighted by atomic mass is 127. The average molecular weight is 691 g/mol. The molecule has 1 aliphatic carbocycles. The highest BCUT2D eigenvalue weighted by molar-refractivity contribution is 14.1. The molecule has 3 rings (SSSR count). The number of hydrogen-bond acceptors (Lipinski definition) is 8. The van der Waals surface area contributed by atoms with Gasteiger partial charge in [0.15, 0.2) is 11.2 Å². The molecule has 0 radical (unpaired) electrons. The van der Waals surface area contributed by atoms with Crippen LogP contribution in [0.2, 0.25) is 51.4 Å². The van der Waals surface area contributed by atoms with Gasteiger partial charge in [-0.25, -0.2) is 9.78 Å². The molecule has 220 valence electrons. The Bertz CT molecular complexity index is 1070. The van der Waals surface area contributed by atoms with Crippen molar-refractivity contribution in [2.24, 2.45) is 0 Å². The lowest BCUT2D eigenvalue weighted by Gasteiger charge is -2.36. The Morgan fingerprint density at radius 3 is 2.10 bits per heavy atom. The predicted molar refractivity (Wildman–Crippen MR) is 169 cm³/mol. The molecule has 0 bridgehead atoms. The molecular formula is C27H47IN4O5Si2. The van der Waals surface area contributed by atoms with Crippen molar-refractivity contribution >= 4 is 56.2 Å². The van der Waals surface area contributed by atoms with Crippen molar-refractivity contribution in [2.45, 2.75) is 88.6 Å². The number of esters is 1. The van der Waals surface area contributed by atoms with E-state index >= 15 is 0 Å². The summed E-state index contributed by atoms with van der Waals surface area (Å²) in [7, 11) is 0.614. The summed E-state index contributed by atoms with van der Waals surface area (Å²) in [5.41, 5.74) is 0.956. The fourth-order valence-corrected chi connectivity index (χ4v) is 6.69. The van der Waals surface area contributed by atoms with E-state index in [-0.39, 0.29) is 11.9 Å². The fraction of sp³-hybridized carbons (Fsp3) is 0.741. The van der Waals surface area contributed by atoms with Gasteiger partial charge < -0.3 is 23.8 Å².